The molecule has 5 N–H and O–H groups in total. The number of nitrogens with two attached hydrogens (primary N) is 1. The van der Waals surface area contributed by atoms with Crippen LogP contribution in [0.3, 0.4) is 0 Å². The van der Waals surface area contributed by atoms with Crippen LogP contribution >= 0.6 is 0 Å². The molecule has 2 aromatic carbocycles. The molecule has 0 saturated carbocycles. The van der Waals surface area contributed by atoms with Crippen LogP contribution in [0.25, 0.3) is 6.08 Å². The van der Waals surface area contributed by atoms with Gasteiger partial charge in [-0.05, 0) is 50.2 Å². The van der Waals surface area contributed by atoms with E-state index < -0.39 is 29.7 Å². The van der Waals surface area contributed by atoms with Crippen LogP contribution in [0.2, 0.25) is 0 Å². The van der Waals surface area contributed by atoms with E-state index in [9.17, 15) is 27.9 Å². The molecule has 1 fully saturated rings. The van der Waals surface area contributed by atoms with E-state index in [1.165, 1.54) is 42.5 Å². The van der Waals surface area contributed by atoms with Crippen LogP contribution in [0, 0.1) is 10.8 Å². The molecule has 3 rings (SSSR count). The summed E-state index contributed by atoms with van der Waals surface area (Å²) in [5, 5.41) is 25.5. The number of anilines is 1. The summed E-state index contributed by atoms with van der Waals surface area (Å²) in [7, 11) is 0. The number of nitrogen functional groups attached to an aromatic ring is 1. The van der Waals surface area contributed by atoms with Crippen molar-refractivity contribution >= 4 is 35.3 Å². The lowest BCUT2D eigenvalue weighted by molar-refractivity contribution is -0.144. The lowest BCUT2D eigenvalue weighted by Crippen LogP contribution is -2.40. The third-order valence-electron chi connectivity index (χ3n) is 6.86. The topological polar surface area (TPSA) is 153 Å². The number of amidine groups is 2. The number of carbonyl (C=O) groups is 2. The number of phenolic OH excluding ortho intramolecular Hbond substituents is 1. The number of benzene rings is 2. The van der Waals surface area contributed by atoms with E-state index in [0.717, 1.165) is 11.0 Å². The van der Waals surface area contributed by atoms with E-state index in [1.54, 1.807) is 13.8 Å². The number of halogens is 3. The summed E-state index contributed by atoms with van der Waals surface area (Å²) in [5.74, 6) is -1.53. The molecular formula is C30H36F3N5O5. The van der Waals surface area contributed by atoms with Crippen LogP contribution in [0.4, 0.5) is 18.9 Å². The maximum absolute atomic E-state index is 14.2. The van der Waals surface area contributed by atoms with Crippen molar-refractivity contribution < 1.29 is 37.3 Å². The van der Waals surface area contributed by atoms with E-state index in [2.05, 4.69) is 0 Å². The molecule has 1 saturated heterocycles. The summed E-state index contributed by atoms with van der Waals surface area (Å²) in [6.45, 7) is 4.21. The third kappa shape index (κ3) is 9.22. The number of ether oxygens (including phenoxy) is 2. The van der Waals surface area contributed by atoms with Gasteiger partial charge in [-0.2, -0.15) is 13.2 Å². The summed E-state index contributed by atoms with van der Waals surface area (Å²) < 4.78 is 53.3. The number of esters is 1. The quantitative estimate of drug-likeness (QED) is 0.161. The molecule has 10 nitrogen and oxygen atoms in total. The molecule has 0 aliphatic carbocycles. The fraction of sp³-hybridized carbons (Fsp3) is 0.400. The van der Waals surface area contributed by atoms with Gasteiger partial charge in [-0.25, -0.2) is 0 Å². The van der Waals surface area contributed by atoms with Crippen molar-refractivity contribution in [3.63, 3.8) is 0 Å². The molecule has 1 aliphatic rings. The summed E-state index contributed by atoms with van der Waals surface area (Å²) in [6.07, 6.45) is -1.97. The average molecular weight is 604 g/mol. The molecule has 0 unspecified atom stereocenters. The number of likely N-dealkylation sites (tertiary alicyclic amines) is 1. The molecule has 1 heterocycles. The van der Waals surface area contributed by atoms with E-state index in [0.29, 0.717) is 37.3 Å². The van der Waals surface area contributed by atoms with Crippen molar-refractivity contribution in [2.24, 2.45) is 5.73 Å². The Morgan fingerprint density at radius 2 is 1.84 bits per heavy atom. The lowest BCUT2D eigenvalue weighted by Gasteiger charge is -2.33. The largest absolute Gasteiger partial charge is 0.507 e. The van der Waals surface area contributed by atoms with Gasteiger partial charge in [0.25, 0.3) is 0 Å². The Kier molecular flexibility index (Phi) is 11.2. The maximum Gasteiger partial charge on any atom is 0.420 e. The van der Waals surface area contributed by atoms with Crippen molar-refractivity contribution in [3.8, 4) is 11.5 Å². The van der Waals surface area contributed by atoms with E-state index >= 15 is 0 Å². The fourth-order valence-corrected chi connectivity index (χ4v) is 4.57. The van der Waals surface area contributed by atoms with E-state index in [4.69, 9.17) is 26.0 Å². The molecule has 0 bridgehead atoms. The van der Waals surface area contributed by atoms with Gasteiger partial charge in [0.2, 0.25) is 5.91 Å². The highest BCUT2D eigenvalue weighted by Gasteiger charge is 2.36. The first-order chi connectivity index (χ1) is 20.3. The van der Waals surface area contributed by atoms with Gasteiger partial charge in [0.05, 0.1) is 24.4 Å². The van der Waals surface area contributed by atoms with Crippen LogP contribution in [0.15, 0.2) is 42.5 Å². The molecule has 13 heteroatoms. The number of alkyl halides is 3. The van der Waals surface area contributed by atoms with E-state index in [1.807, 2.05) is 4.90 Å². The highest BCUT2D eigenvalue weighted by atomic mass is 19.4. The first-order valence-corrected chi connectivity index (χ1v) is 13.8. The van der Waals surface area contributed by atoms with Crippen LogP contribution in [-0.2, 0) is 20.5 Å². The minimum Gasteiger partial charge on any atom is -0.507 e. The second-order valence-electron chi connectivity index (χ2n) is 9.97. The third-order valence-corrected chi connectivity index (χ3v) is 6.86. The standard InChI is InChI=1S/C30H36F3N5O5/c1-3-42-28(41)11-10-27(40)38(14-4-5-20-17-21(29(35)36)6-8-25(20)39)22-7-9-26(24(18-22)30(31,32)33)43-23-12-15-37(16-13-23)19(2)34/h4-9,17-18,23,34,39H,3,10-16H2,1-2H3,(H3,35,36)/b5-4+,34-19?. The van der Waals surface area contributed by atoms with Crippen LogP contribution in [0.1, 0.15) is 56.2 Å². The molecule has 43 heavy (non-hydrogen) atoms. The second kappa shape index (κ2) is 14.6. The van der Waals surface area contributed by atoms with Crippen molar-refractivity contribution in [1.82, 2.24) is 4.90 Å². The monoisotopic (exact) mass is 603 g/mol. The lowest BCUT2D eigenvalue weighted by atomic mass is 10.1. The normalized spacial score (nSPS) is 14.0. The van der Waals surface area contributed by atoms with Crippen molar-refractivity contribution in [3.05, 3.63) is 59.2 Å². The van der Waals surface area contributed by atoms with Gasteiger partial charge in [0.1, 0.15) is 23.4 Å². The summed E-state index contributed by atoms with van der Waals surface area (Å²) >= 11 is 0. The van der Waals surface area contributed by atoms with Gasteiger partial charge >= 0.3 is 12.1 Å². The number of rotatable bonds is 11. The Balaban J connectivity index is 1.90. The van der Waals surface area contributed by atoms with Gasteiger partial charge in [0, 0.05) is 55.7 Å². The smallest absolute Gasteiger partial charge is 0.420 e. The zero-order chi connectivity index (χ0) is 31.7. The number of aromatic hydroxyl groups is 1. The Hall–Kier alpha value is -4.55. The van der Waals surface area contributed by atoms with Crippen LogP contribution in [-0.4, -0.2) is 65.9 Å². The molecule has 0 aromatic heterocycles. The highest BCUT2D eigenvalue weighted by molar-refractivity contribution is 5.96. The first kappa shape index (κ1) is 33.0. The van der Waals surface area contributed by atoms with Gasteiger partial charge in [-0.1, -0.05) is 12.2 Å². The number of piperidine rings is 1. The zero-order valence-electron chi connectivity index (χ0n) is 24.0. The zero-order valence-corrected chi connectivity index (χ0v) is 24.0. The Labute approximate surface area is 247 Å². The number of hydrogen-bond acceptors (Lipinski definition) is 7. The van der Waals surface area contributed by atoms with Crippen molar-refractivity contribution in [1.29, 1.82) is 10.8 Å². The summed E-state index contributed by atoms with van der Waals surface area (Å²) in [4.78, 5) is 28.0. The average Bonchev–Trinajstić information content (AvgIpc) is 2.95. The summed E-state index contributed by atoms with van der Waals surface area (Å²) in [5.41, 5.74) is 5.05. The van der Waals surface area contributed by atoms with Gasteiger partial charge < -0.3 is 30.1 Å². The number of phenols is 1. The van der Waals surface area contributed by atoms with Gasteiger partial charge in [-0.3, -0.25) is 20.4 Å². The maximum atomic E-state index is 14.2. The molecule has 1 amide bonds. The second-order valence-corrected chi connectivity index (χ2v) is 9.97. The molecule has 0 radical (unpaired) electrons. The molecule has 2 aromatic rings. The minimum atomic E-state index is -4.79. The summed E-state index contributed by atoms with van der Waals surface area (Å²) in [6, 6.07) is 7.65. The number of carbonyl (C=O) groups excluding carboxylic acids is 2. The minimum absolute atomic E-state index is 0.0610. The number of nitrogens with one attached hydrogen (secondary N) is 2. The predicted molar refractivity (Wildman–Crippen MR) is 156 cm³/mol. The number of hydrogen-bond donors (Lipinski definition) is 4. The Morgan fingerprint density at radius 1 is 1.14 bits per heavy atom. The molecule has 0 atom stereocenters. The fourth-order valence-electron chi connectivity index (χ4n) is 4.57. The van der Waals surface area contributed by atoms with Gasteiger partial charge in [-0.15, -0.1) is 0 Å². The number of nitrogens with zero attached hydrogens (tertiary/aromatic N) is 2. The van der Waals surface area contributed by atoms with E-state index in [-0.39, 0.29) is 54.6 Å². The molecule has 232 valence electrons. The predicted octanol–water partition coefficient (Wildman–Crippen LogP) is 4.93. The van der Waals surface area contributed by atoms with Crippen LogP contribution < -0.4 is 15.4 Å². The Morgan fingerprint density at radius 3 is 2.44 bits per heavy atom. The SMILES string of the molecule is CCOC(=O)CCC(=O)N(C/C=C/c1cc(C(=N)N)ccc1O)c1ccc(OC2CCN(C(C)=N)CC2)c(C(F)(F)F)c1. The van der Waals surface area contributed by atoms with Crippen molar-refractivity contribution in [2.45, 2.75) is 51.8 Å². The Bertz CT molecular complexity index is 1370. The molecular weight excluding hydrogens is 567 g/mol. The molecule has 0 spiro atoms. The van der Waals surface area contributed by atoms with Crippen molar-refractivity contribution in [2.75, 3.05) is 31.1 Å². The number of amides is 1. The highest BCUT2D eigenvalue weighted by Crippen LogP contribution is 2.40. The van der Waals surface area contributed by atoms with Crippen LogP contribution in [0.5, 0.6) is 11.5 Å². The molecule has 1 aliphatic heterocycles. The first-order valence-electron chi connectivity index (χ1n) is 13.8. The van der Waals surface area contributed by atoms with Gasteiger partial charge in [0.15, 0.2) is 0 Å².